The van der Waals surface area contributed by atoms with Gasteiger partial charge in [0.25, 0.3) is 5.91 Å². The number of hydrogen-bond acceptors (Lipinski definition) is 3. The Bertz CT molecular complexity index is 680. The van der Waals surface area contributed by atoms with Gasteiger partial charge in [-0.2, -0.15) is 0 Å². The molecule has 0 aliphatic rings. The Morgan fingerprint density at radius 2 is 1.75 bits per heavy atom. The molecule has 0 bridgehead atoms. The molecular formula is C20H25NO3. The lowest BCUT2D eigenvalue weighted by Crippen LogP contribution is -2.27. The molecule has 0 fully saturated rings. The summed E-state index contributed by atoms with van der Waals surface area (Å²) in [7, 11) is 3.39. The van der Waals surface area contributed by atoms with Crippen molar-refractivity contribution in [2.24, 2.45) is 0 Å². The fourth-order valence-corrected chi connectivity index (χ4v) is 2.40. The number of aryl methyl sites for hydroxylation is 1. The molecule has 1 amide bonds. The van der Waals surface area contributed by atoms with Crippen LogP contribution < -0.4 is 9.47 Å². The van der Waals surface area contributed by atoms with Gasteiger partial charge in [0.15, 0.2) is 0 Å². The van der Waals surface area contributed by atoms with Crippen LogP contribution in [0.2, 0.25) is 0 Å². The molecule has 2 aromatic carbocycles. The summed E-state index contributed by atoms with van der Waals surface area (Å²) in [6.07, 6.45) is 0.920. The van der Waals surface area contributed by atoms with E-state index in [0.717, 1.165) is 18.5 Å². The Labute approximate surface area is 144 Å². The van der Waals surface area contributed by atoms with Crippen molar-refractivity contribution >= 4 is 5.91 Å². The number of methoxy groups -OCH3 is 1. The first-order valence-electron chi connectivity index (χ1n) is 8.16. The van der Waals surface area contributed by atoms with Crippen LogP contribution in [0.1, 0.15) is 34.8 Å². The third-order valence-electron chi connectivity index (χ3n) is 3.79. The Morgan fingerprint density at radius 1 is 1.08 bits per heavy atom. The zero-order valence-electron chi connectivity index (χ0n) is 14.8. The first kappa shape index (κ1) is 17.9. The third-order valence-corrected chi connectivity index (χ3v) is 3.79. The van der Waals surface area contributed by atoms with E-state index in [-0.39, 0.29) is 5.91 Å². The van der Waals surface area contributed by atoms with E-state index in [1.807, 2.05) is 19.1 Å². The number of hydrogen-bond donors (Lipinski definition) is 0. The van der Waals surface area contributed by atoms with Crippen molar-refractivity contribution < 1.29 is 14.3 Å². The molecule has 0 N–H and O–H groups in total. The topological polar surface area (TPSA) is 38.8 Å². The van der Waals surface area contributed by atoms with Crippen LogP contribution in [0.4, 0.5) is 0 Å². The fourth-order valence-electron chi connectivity index (χ4n) is 2.40. The van der Waals surface area contributed by atoms with Gasteiger partial charge in [-0.3, -0.25) is 4.79 Å². The van der Waals surface area contributed by atoms with E-state index >= 15 is 0 Å². The lowest BCUT2D eigenvalue weighted by Gasteiger charge is -2.17. The van der Waals surface area contributed by atoms with Crippen LogP contribution in [-0.4, -0.2) is 31.5 Å². The second-order valence-corrected chi connectivity index (χ2v) is 5.90. The molecule has 0 saturated carbocycles. The molecule has 0 unspecified atom stereocenters. The van der Waals surface area contributed by atoms with Gasteiger partial charge in [0.2, 0.25) is 0 Å². The smallest absolute Gasteiger partial charge is 0.253 e. The fraction of sp³-hybridized carbons (Fsp3) is 0.350. The summed E-state index contributed by atoms with van der Waals surface area (Å²) in [4.78, 5) is 14.2. The van der Waals surface area contributed by atoms with Crippen molar-refractivity contribution in [2.75, 3.05) is 20.7 Å². The standard InChI is InChI=1S/C20H25NO3/c1-5-10-21(3)20(22)17-11-18(23-4)13-19(12-17)24-14-16-8-6-15(2)7-9-16/h6-9,11-13H,5,10,14H2,1-4H3. The van der Waals surface area contributed by atoms with E-state index in [4.69, 9.17) is 9.47 Å². The van der Waals surface area contributed by atoms with Crippen molar-refractivity contribution in [3.8, 4) is 11.5 Å². The van der Waals surface area contributed by atoms with Crippen LogP contribution in [0.15, 0.2) is 42.5 Å². The van der Waals surface area contributed by atoms with E-state index in [2.05, 4.69) is 19.1 Å². The van der Waals surface area contributed by atoms with Gasteiger partial charge in [-0.05, 0) is 31.0 Å². The van der Waals surface area contributed by atoms with Crippen molar-refractivity contribution in [1.82, 2.24) is 4.90 Å². The van der Waals surface area contributed by atoms with Gasteiger partial charge >= 0.3 is 0 Å². The molecule has 0 aliphatic carbocycles. The average molecular weight is 327 g/mol. The predicted octanol–water partition coefficient (Wildman–Crippen LogP) is 4.06. The van der Waals surface area contributed by atoms with E-state index in [0.29, 0.717) is 23.7 Å². The number of carbonyl (C=O) groups is 1. The van der Waals surface area contributed by atoms with Gasteiger partial charge in [0.05, 0.1) is 7.11 Å². The van der Waals surface area contributed by atoms with Gasteiger partial charge < -0.3 is 14.4 Å². The Morgan fingerprint density at radius 3 is 2.38 bits per heavy atom. The summed E-state index contributed by atoms with van der Waals surface area (Å²) < 4.78 is 11.2. The highest BCUT2D eigenvalue weighted by Gasteiger charge is 2.14. The minimum atomic E-state index is -0.0315. The second-order valence-electron chi connectivity index (χ2n) is 5.90. The highest BCUT2D eigenvalue weighted by atomic mass is 16.5. The zero-order chi connectivity index (χ0) is 17.5. The molecule has 0 atom stereocenters. The van der Waals surface area contributed by atoms with Gasteiger partial charge in [-0.25, -0.2) is 0 Å². The summed E-state index contributed by atoms with van der Waals surface area (Å²) in [5.41, 5.74) is 2.87. The number of carbonyl (C=O) groups excluding carboxylic acids is 1. The maximum absolute atomic E-state index is 12.5. The Hall–Kier alpha value is -2.49. The monoisotopic (exact) mass is 327 g/mol. The molecule has 128 valence electrons. The Balaban J connectivity index is 2.15. The van der Waals surface area contributed by atoms with E-state index < -0.39 is 0 Å². The van der Waals surface area contributed by atoms with Crippen molar-refractivity contribution in [1.29, 1.82) is 0 Å². The summed E-state index contributed by atoms with van der Waals surface area (Å²) in [6.45, 7) is 5.27. The highest BCUT2D eigenvalue weighted by Crippen LogP contribution is 2.24. The SMILES string of the molecule is CCCN(C)C(=O)c1cc(OC)cc(OCc2ccc(C)cc2)c1. The molecule has 0 spiro atoms. The predicted molar refractivity (Wildman–Crippen MR) is 95.8 cm³/mol. The van der Waals surface area contributed by atoms with E-state index in [9.17, 15) is 4.79 Å². The first-order chi connectivity index (χ1) is 11.5. The minimum Gasteiger partial charge on any atom is -0.497 e. The molecule has 0 saturated heterocycles. The van der Waals surface area contributed by atoms with Crippen LogP contribution in [0, 0.1) is 6.92 Å². The molecular weight excluding hydrogens is 302 g/mol. The number of amides is 1. The Kier molecular flexibility index (Phi) is 6.24. The molecule has 0 aromatic heterocycles. The van der Waals surface area contributed by atoms with Crippen molar-refractivity contribution in [3.63, 3.8) is 0 Å². The summed E-state index contributed by atoms with van der Waals surface area (Å²) in [5, 5.41) is 0. The lowest BCUT2D eigenvalue weighted by molar-refractivity contribution is 0.0794. The number of benzene rings is 2. The molecule has 4 heteroatoms. The largest absolute Gasteiger partial charge is 0.497 e. The van der Waals surface area contributed by atoms with Gasteiger partial charge in [-0.1, -0.05) is 36.8 Å². The summed E-state index contributed by atoms with van der Waals surface area (Å²) in [5.74, 6) is 1.21. The molecule has 2 rings (SSSR count). The van der Waals surface area contributed by atoms with E-state index in [1.54, 1.807) is 37.3 Å². The third kappa shape index (κ3) is 4.75. The number of nitrogens with zero attached hydrogens (tertiary/aromatic N) is 1. The summed E-state index contributed by atoms with van der Waals surface area (Å²) in [6, 6.07) is 13.5. The van der Waals surface area contributed by atoms with Gasteiger partial charge in [0.1, 0.15) is 18.1 Å². The molecule has 0 aliphatic heterocycles. The van der Waals surface area contributed by atoms with Crippen LogP contribution in [0.3, 0.4) is 0 Å². The molecule has 0 heterocycles. The van der Waals surface area contributed by atoms with Crippen LogP contribution in [0.25, 0.3) is 0 Å². The lowest BCUT2D eigenvalue weighted by atomic mass is 10.1. The number of ether oxygens (including phenoxy) is 2. The van der Waals surface area contributed by atoms with Gasteiger partial charge in [-0.15, -0.1) is 0 Å². The molecule has 4 nitrogen and oxygen atoms in total. The molecule has 24 heavy (non-hydrogen) atoms. The maximum atomic E-state index is 12.5. The van der Waals surface area contributed by atoms with E-state index in [1.165, 1.54) is 5.56 Å². The van der Waals surface area contributed by atoms with Crippen LogP contribution in [-0.2, 0) is 6.61 Å². The second kappa shape index (κ2) is 8.39. The minimum absolute atomic E-state index is 0.0315. The summed E-state index contributed by atoms with van der Waals surface area (Å²) >= 11 is 0. The zero-order valence-corrected chi connectivity index (χ0v) is 14.8. The molecule has 0 radical (unpaired) electrons. The maximum Gasteiger partial charge on any atom is 0.253 e. The van der Waals surface area contributed by atoms with Crippen LogP contribution in [0.5, 0.6) is 11.5 Å². The first-order valence-corrected chi connectivity index (χ1v) is 8.16. The van der Waals surface area contributed by atoms with Crippen molar-refractivity contribution in [2.45, 2.75) is 26.9 Å². The van der Waals surface area contributed by atoms with Gasteiger partial charge in [0, 0.05) is 25.2 Å². The average Bonchev–Trinajstić information content (AvgIpc) is 2.60. The number of rotatable bonds is 7. The quantitative estimate of drug-likeness (QED) is 0.769. The highest BCUT2D eigenvalue weighted by molar-refractivity contribution is 5.94. The normalized spacial score (nSPS) is 10.3. The molecule has 2 aromatic rings. The van der Waals surface area contributed by atoms with Crippen molar-refractivity contribution in [3.05, 3.63) is 59.2 Å². The van der Waals surface area contributed by atoms with Crippen LogP contribution >= 0.6 is 0 Å².